The molecular weight excluding hydrogens is 244 g/mol. The molecule has 0 saturated carbocycles. The Kier molecular flexibility index (Phi) is 7.08. The summed E-state index contributed by atoms with van der Waals surface area (Å²) in [6.45, 7) is 12.4. The van der Waals surface area contributed by atoms with Crippen LogP contribution in [0.2, 0.25) is 0 Å². The second-order valence-corrected chi connectivity index (χ2v) is 6.33. The lowest BCUT2D eigenvalue weighted by atomic mass is 10.0. The number of hydrogen-bond donors (Lipinski definition) is 1. The minimum Gasteiger partial charge on any atom is -0.368 e. The molecule has 1 rings (SSSR count). The fourth-order valence-electron chi connectivity index (χ4n) is 2.88. The van der Waals surface area contributed by atoms with E-state index in [1.54, 1.807) is 0 Å². The second kappa shape index (κ2) is 8.31. The van der Waals surface area contributed by atoms with E-state index in [-0.39, 0.29) is 6.04 Å². The first-order chi connectivity index (χ1) is 9.49. The van der Waals surface area contributed by atoms with Crippen molar-refractivity contribution in [2.45, 2.75) is 66.0 Å². The van der Waals surface area contributed by atoms with E-state index in [4.69, 9.17) is 5.73 Å². The van der Waals surface area contributed by atoms with Crippen LogP contribution in [0.4, 0.5) is 5.69 Å². The summed E-state index contributed by atoms with van der Waals surface area (Å²) < 4.78 is 0. The summed E-state index contributed by atoms with van der Waals surface area (Å²) in [5.74, 6) is 0.666. The molecule has 0 aliphatic heterocycles. The van der Waals surface area contributed by atoms with Gasteiger partial charge in [0.15, 0.2) is 0 Å². The van der Waals surface area contributed by atoms with E-state index in [0.717, 1.165) is 13.0 Å². The first-order valence-corrected chi connectivity index (χ1v) is 8.09. The quantitative estimate of drug-likeness (QED) is 0.770. The second-order valence-electron chi connectivity index (χ2n) is 6.33. The van der Waals surface area contributed by atoms with Gasteiger partial charge in [0.2, 0.25) is 0 Å². The molecule has 0 aromatic heterocycles. The molecule has 0 amide bonds. The van der Waals surface area contributed by atoms with Crippen LogP contribution >= 0.6 is 0 Å². The van der Waals surface area contributed by atoms with Crippen molar-refractivity contribution >= 4 is 5.69 Å². The Bertz CT molecular complexity index is 381. The van der Waals surface area contributed by atoms with E-state index >= 15 is 0 Å². The van der Waals surface area contributed by atoms with Crippen LogP contribution < -0.4 is 10.6 Å². The topological polar surface area (TPSA) is 29.3 Å². The van der Waals surface area contributed by atoms with Gasteiger partial charge in [-0.2, -0.15) is 0 Å². The van der Waals surface area contributed by atoms with Gasteiger partial charge in [0.1, 0.15) is 0 Å². The van der Waals surface area contributed by atoms with E-state index in [1.165, 1.54) is 24.1 Å². The minimum absolute atomic E-state index is 0.207. The number of nitrogens with two attached hydrogens (primary N) is 1. The van der Waals surface area contributed by atoms with Crippen LogP contribution in [0, 0.1) is 5.92 Å². The summed E-state index contributed by atoms with van der Waals surface area (Å²) in [6, 6.07) is 9.59. The number of benzene rings is 1. The van der Waals surface area contributed by atoms with Crippen LogP contribution in [-0.4, -0.2) is 18.6 Å². The van der Waals surface area contributed by atoms with E-state index in [0.29, 0.717) is 12.0 Å². The molecule has 0 bridgehead atoms. The first-order valence-electron chi connectivity index (χ1n) is 8.09. The summed E-state index contributed by atoms with van der Waals surface area (Å²) >= 11 is 0. The third kappa shape index (κ3) is 4.82. The fraction of sp³-hybridized carbons (Fsp3) is 0.667. The predicted octanol–water partition coefficient (Wildman–Crippen LogP) is 4.23. The number of hydrogen-bond acceptors (Lipinski definition) is 2. The first kappa shape index (κ1) is 17.0. The summed E-state index contributed by atoms with van der Waals surface area (Å²) in [5, 5.41) is 0. The van der Waals surface area contributed by atoms with Crippen molar-refractivity contribution in [2.75, 3.05) is 11.4 Å². The third-order valence-corrected chi connectivity index (χ3v) is 3.79. The minimum atomic E-state index is 0.207. The van der Waals surface area contributed by atoms with Gasteiger partial charge in [-0.25, -0.2) is 0 Å². The Morgan fingerprint density at radius 1 is 1.05 bits per heavy atom. The van der Waals surface area contributed by atoms with Crippen molar-refractivity contribution in [3.63, 3.8) is 0 Å². The Hall–Kier alpha value is -1.02. The van der Waals surface area contributed by atoms with Crippen LogP contribution in [0.25, 0.3) is 0 Å². The summed E-state index contributed by atoms with van der Waals surface area (Å²) in [7, 11) is 0. The third-order valence-electron chi connectivity index (χ3n) is 3.79. The molecule has 1 unspecified atom stereocenters. The maximum atomic E-state index is 6.02. The molecule has 0 heterocycles. The van der Waals surface area contributed by atoms with Gasteiger partial charge in [0, 0.05) is 24.3 Å². The molecule has 1 atom stereocenters. The van der Waals surface area contributed by atoms with E-state index in [2.05, 4.69) is 63.8 Å². The van der Waals surface area contributed by atoms with Crippen molar-refractivity contribution in [3.05, 3.63) is 29.8 Å². The van der Waals surface area contributed by atoms with Gasteiger partial charge < -0.3 is 10.6 Å². The van der Waals surface area contributed by atoms with Gasteiger partial charge in [0.05, 0.1) is 0 Å². The maximum Gasteiger partial charge on any atom is 0.0401 e. The average Bonchev–Trinajstić information content (AvgIpc) is 2.38. The van der Waals surface area contributed by atoms with Gasteiger partial charge in [-0.15, -0.1) is 0 Å². The summed E-state index contributed by atoms with van der Waals surface area (Å²) in [5.41, 5.74) is 8.78. The predicted molar refractivity (Wildman–Crippen MR) is 90.3 cm³/mol. The van der Waals surface area contributed by atoms with Crippen molar-refractivity contribution < 1.29 is 0 Å². The Morgan fingerprint density at radius 2 is 1.65 bits per heavy atom. The molecule has 0 radical (unpaired) electrons. The van der Waals surface area contributed by atoms with Crippen LogP contribution in [0.15, 0.2) is 24.3 Å². The monoisotopic (exact) mass is 276 g/mol. The molecule has 2 nitrogen and oxygen atoms in total. The number of nitrogens with zero attached hydrogens (tertiary/aromatic N) is 1. The molecule has 1 aromatic rings. The van der Waals surface area contributed by atoms with Crippen molar-refractivity contribution in [3.8, 4) is 0 Å². The molecule has 0 saturated heterocycles. The molecule has 20 heavy (non-hydrogen) atoms. The lowest BCUT2D eigenvalue weighted by molar-refractivity contribution is 0.505. The van der Waals surface area contributed by atoms with Crippen LogP contribution in [-0.2, 0) is 6.42 Å². The number of rotatable bonds is 8. The smallest absolute Gasteiger partial charge is 0.0401 e. The van der Waals surface area contributed by atoms with Gasteiger partial charge in [-0.05, 0) is 43.7 Å². The zero-order valence-corrected chi connectivity index (χ0v) is 13.9. The summed E-state index contributed by atoms with van der Waals surface area (Å²) in [4.78, 5) is 2.60. The van der Waals surface area contributed by atoms with Crippen molar-refractivity contribution in [1.82, 2.24) is 0 Å². The highest BCUT2D eigenvalue weighted by Crippen LogP contribution is 2.27. The van der Waals surface area contributed by atoms with E-state index < -0.39 is 0 Å². The standard InChI is InChI=1S/C18H32N2/c1-6-17(7-2)20(13-14(3)4)18-11-9-8-10-16(18)12-15(5)19/h8-11,14-15,17H,6-7,12-13,19H2,1-5H3. The SMILES string of the molecule is CCC(CC)N(CC(C)C)c1ccccc1CC(C)N. The molecule has 0 aliphatic rings. The molecule has 0 spiro atoms. The largest absolute Gasteiger partial charge is 0.368 e. The van der Waals surface area contributed by atoms with Gasteiger partial charge in [0.25, 0.3) is 0 Å². The van der Waals surface area contributed by atoms with E-state index in [9.17, 15) is 0 Å². The average molecular weight is 276 g/mol. The maximum absolute atomic E-state index is 6.02. The molecular formula is C18H32N2. The Labute approximate surface area is 125 Å². The van der Waals surface area contributed by atoms with Crippen LogP contribution in [0.3, 0.4) is 0 Å². The fourth-order valence-corrected chi connectivity index (χ4v) is 2.88. The summed E-state index contributed by atoms with van der Waals surface area (Å²) in [6.07, 6.45) is 3.33. The molecule has 0 aliphatic carbocycles. The highest BCUT2D eigenvalue weighted by Gasteiger charge is 2.19. The molecule has 0 fully saturated rings. The number of anilines is 1. The van der Waals surface area contributed by atoms with E-state index in [1.807, 2.05) is 0 Å². The molecule has 1 aromatic carbocycles. The lowest BCUT2D eigenvalue weighted by Crippen LogP contribution is -2.38. The lowest BCUT2D eigenvalue weighted by Gasteiger charge is -2.36. The zero-order chi connectivity index (χ0) is 15.1. The molecule has 114 valence electrons. The van der Waals surface area contributed by atoms with Crippen LogP contribution in [0.1, 0.15) is 53.0 Å². The van der Waals surface area contributed by atoms with Crippen molar-refractivity contribution in [1.29, 1.82) is 0 Å². The van der Waals surface area contributed by atoms with Gasteiger partial charge in [-0.1, -0.05) is 45.9 Å². The Morgan fingerprint density at radius 3 is 2.15 bits per heavy atom. The normalized spacial score (nSPS) is 13.0. The molecule has 2 N–H and O–H groups in total. The van der Waals surface area contributed by atoms with Crippen molar-refractivity contribution in [2.24, 2.45) is 11.7 Å². The van der Waals surface area contributed by atoms with Gasteiger partial charge >= 0.3 is 0 Å². The molecule has 2 heteroatoms. The highest BCUT2D eigenvalue weighted by atomic mass is 15.2. The highest BCUT2D eigenvalue weighted by molar-refractivity contribution is 5.55. The van der Waals surface area contributed by atoms with Gasteiger partial charge in [-0.3, -0.25) is 0 Å². The zero-order valence-electron chi connectivity index (χ0n) is 13.9. The number of para-hydroxylation sites is 1. The Balaban J connectivity index is 3.11. The van der Waals surface area contributed by atoms with Crippen LogP contribution in [0.5, 0.6) is 0 Å².